The minimum absolute atomic E-state index is 0.924. The maximum atomic E-state index is 4.86. The summed E-state index contributed by atoms with van der Waals surface area (Å²) < 4.78 is 4.86. The van der Waals surface area contributed by atoms with Crippen LogP contribution in [0.2, 0.25) is 0 Å². The summed E-state index contributed by atoms with van der Waals surface area (Å²) in [6.45, 7) is 0. The van der Waals surface area contributed by atoms with Gasteiger partial charge in [0.15, 0.2) is 6.26 Å². The van der Waals surface area contributed by atoms with Crippen LogP contribution in [0, 0.1) is 6.26 Å². The van der Waals surface area contributed by atoms with E-state index in [9.17, 15) is 0 Å². The van der Waals surface area contributed by atoms with E-state index in [-0.39, 0.29) is 0 Å². The normalized spacial score (nSPS) is 10.0. The van der Waals surface area contributed by atoms with Crippen LogP contribution in [0.1, 0.15) is 11.1 Å². The molecule has 1 heteroatoms. The molecule has 0 saturated carbocycles. The molecule has 0 N–H and O–H groups in total. The molecule has 59 valence electrons. The molecule has 1 aromatic heterocycles. The summed E-state index contributed by atoms with van der Waals surface area (Å²) in [5, 5.41) is 0. The minimum Gasteiger partial charge on any atom is -0.461 e. The Morgan fingerprint density at radius 3 is 2.58 bits per heavy atom. The molecule has 0 atom stereocenters. The average molecular weight is 157 g/mol. The summed E-state index contributed by atoms with van der Waals surface area (Å²) >= 11 is 0. The monoisotopic (exact) mass is 157 g/mol. The first kappa shape index (κ1) is 7.17. The van der Waals surface area contributed by atoms with Crippen molar-refractivity contribution in [2.75, 3.05) is 0 Å². The standard InChI is InChI=1S/C11H9O/c1-2-4-10(5-3-1)8-11-6-7-12-9-11/h1-6,9H,8H2. The van der Waals surface area contributed by atoms with Gasteiger partial charge in [-0.3, -0.25) is 0 Å². The van der Waals surface area contributed by atoms with E-state index >= 15 is 0 Å². The van der Waals surface area contributed by atoms with E-state index in [0.717, 1.165) is 6.42 Å². The molecular formula is C11H9O. The van der Waals surface area contributed by atoms with Crippen molar-refractivity contribution in [2.45, 2.75) is 6.42 Å². The number of hydrogen-bond acceptors (Lipinski definition) is 1. The van der Waals surface area contributed by atoms with Crippen LogP contribution in [0.5, 0.6) is 0 Å². The molecule has 0 fully saturated rings. The molecule has 1 nitrogen and oxygen atoms in total. The first-order chi connectivity index (χ1) is 5.95. The van der Waals surface area contributed by atoms with E-state index in [1.54, 1.807) is 6.26 Å². The molecule has 2 rings (SSSR count). The second-order valence-corrected chi connectivity index (χ2v) is 2.74. The molecule has 2 aromatic rings. The molecule has 0 spiro atoms. The third kappa shape index (κ3) is 1.56. The third-order valence-corrected chi connectivity index (χ3v) is 1.77. The second-order valence-electron chi connectivity index (χ2n) is 2.74. The molecular weight excluding hydrogens is 148 g/mol. The summed E-state index contributed by atoms with van der Waals surface area (Å²) in [5.74, 6) is 0. The lowest BCUT2D eigenvalue weighted by atomic mass is 10.1. The molecule has 0 bridgehead atoms. The fourth-order valence-corrected chi connectivity index (χ4v) is 1.18. The van der Waals surface area contributed by atoms with E-state index < -0.39 is 0 Å². The predicted octanol–water partition coefficient (Wildman–Crippen LogP) is 2.67. The van der Waals surface area contributed by atoms with Crippen LogP contribution in [0.15, 0.2) is 47.1 Å². The Morgan fingerprint density at radius 1 is 1.08 bits per heavy atom. The van der Waals surface area contributed by atoms with Gasteiger partial charge in [-0.25, -0.2) is 0 Å². The Bertz CT molecular complexity index is 321. The topological polar surface area (TPSA) is 13.1 Å². The van der Waals surface area contributed by atoms with Crippen molar-refractivity contribution in [3.8, 4) is 0 Å². The van der Waals surface area contributed by atoms with Gasteiger partial charge in [0.2, 0.25) is 0 Å². The molecule has 0 aliphatic heterocycles. The first-order valence-electron chi connectivity index (χ1n) is 3.92. The van der Waals surface area contributed by atoms with Crippen molar-refractivity contribution < 1.29 is 4.42 Å². The number of benzene rings is 1. The molecule has 0 unspecified atom stereocenters. The van der Waals surface area contributed by atoms with Gasteiger partial charge in [-0.2, -0.15) is 0 Å². The van der Waals surface area contributed by atoms with Crippen LogP contribution in [-0.2, 0) is 6.42 Å². The Balaban J connectivity index is 2.15. The van der Waals surface area contributed by atoms with Crippen LogP contribution in [0.3, 0.4) is 0 Å². The zero-order valence-electron chi connectivity index (χ0n) is 6.66. The smallest absolute Gasteiger partial charge is 0.169 e. The quantitative estimate of drug-likeness (QED) is 0.653. The van der Waals surface area contributed by atoms with Crippen molar-refractivity contribution in [2.24, 2.45) is 0 Å². The minimum atomic E-state index is 0.924. The van der Waals surface area contributed by atoms with E-state index in [2.05, 4.69) is 18.4 Å². The summed E-state index contributed by atoms with van der Waals surface area (Å²) in [4.78, 5) is 0. The van der Waals surface area contributed by atoms with Crippen LogP contribution in [-0.4, -0.2) is 0 Å². The van der Waals surface area contributed by atoms with Crippen molar-refractivity contribution in [3.63, 3.8) is 0 Å². The van der Waals surface area contributed by atoms with Gasteiger partial charge < -0.3 is 4.42 Å². The number of rotatable bonds is 2. The van der Waals surface area contributed by atoms with Gasteiger partial charge in [0.05, 0.1) is 6.26 Å². The highest BCUT2D eigenvalue weighted by atomic mass is 16.3. The Kier molecular flexibility index (Phi) is 1.95. The summed E-state index contributed by atoms with van der Waals surface area (Å²) in [6.07, 6.45) is 5.33. The lowest BCUT2D eigenvalue weighted by Crippen LogP contribution is -1.83. The van der Waals surface area contributed by atoms with Gasteiger partial charge in [-0.15, -0.1) is 0 Å². The second kappa shape index (κ2) is 3.26. The maximum Gasteiger partial charge on any atom is 0.169 e. The lowest BCUT2D eigenvalue weighted by Gasteiger charge is -1.95. The average Bonchev–Trinajstić information content (AvgIpc) is 2.59. The molecule has 0 saturated heterocycles. The summed E-state index contributed by atoms with van der Waals surface area (Å²) in [5.41, 5.74) is 2.47. The third-order valence-electron chi connectivity index (χ3n) is 1.77. The van der Waals surface area contributed by atoms with Gasteiger partial charge in [-0.05, 0) is 17.2 Å². The van der Waals surface area contributed by atoms with Crippen LogP contribution in [0.25, 0.3) is 0 Å². The Labute approximate surface area is 71.6 Å². The maximum absolute atomic E-state index is 4.86. The zero-order chi connectivity index (χ0) is 8.23. The van der Waals surface area contributed by atoms with Crippen molar-refractivity contribution in [3.05, 3.63) is 60.1 Å². The van der Waals surface area contributed by atoms with Crippen molar-refractivity contribution in [1.29, 1.82) is 0 Å². The number of furan rings is 1. The largest absolute Gasteiger partial charge is 0.461 e. The highest BCUT2D eigenvalue weighted by Gasteiger charge is 1.95. The van der Waals surface area contributed by atoms with Crippen LogP contribution >= 0.6 is 0 Å². The molecule has 1 radical (unpaired) electrons. The zero-order valence-corrected chi connectivity index (χ0v) is 6.66. The Hall–Kier alpha value is -1.50. The summed E-state index contributed by atoms with van der Waals surface area (Å²) in [6, 6.07) is 12.2. The highest BCUT2D eigenvalue weighted by molar-refractivity contribution is 5.22. The molecule has 1 heterocycles. The van der Waals surface area contributed by atoms with Crippen molar-refractivity contribution >= 4 is 0 Å². The molecule has 0 amide bonds. The van der Waals surface area contributed by atoms with Crippen LogP contribution < -0.4 is 0 Å². The van der Waals surface area contributed by atoms with E-state index in [1.807, 2.05) is 24.3 Å². The van der Waals surface area contributed by atoms with Crippen LogP contribution in [0.4, 0.5) is 0 Å². The number of hydrogen-bond donors (Lipinski definition) is 0. The lowest BCUT2D eigenvalue weighted by molar-refractivity contribution is 0.556. The molecule has 12 heavy (non-hydrogen) atoms. The van der Waals surface area contributed by atoms with Gasteiger partial charge in [0, 0.05) is 6.42 Å². The molecule has 0 aliphatic rings. The van der Waals surface area contributed by atoms with Gasteiger partial charge in [-0.1, -0.05) is 30.3 Å². The van der Waals surface area contributed by atoms with Gasteiger partial charge >= 0.3 is 0 Å². The fourth-order valence-electron chi connectivity index (χ4n) is 1.18. The van der Waals surface area contributed by atoms with Crippen molar-refractivity contribution in [1.82, 2.24) is 0 Å². The predicted molar refractivity (Wildman–Crippen MR) is 46.8 cm³/mol. The van der Waals surface area contributed by atoms with E-state index in [1.165, 1.54) is 11.1 Å². The SMILES string of the molecule is [c]1cc(Cc2ccccc2)co1. The van der Waals surface area contributed by atoms with E-state index in [0.29, 0.717) is 0 Å². The summed E-state index contributed by atoms with van der Waals surface area (Å²) in [7, 11) is 0. The van der Waals surface area contributed by atoms with E-state index in [4.69, 9.17) is 4.42 Å². The molecule has 1 aromatic carbocycles. The Morgan fingerprint density at radius 2 is 1.92 bits per heavy atom. The molecule has 0 aliphatic carbocycles. The fraction of sp³-hybridized carbons (Fsp3) is 0.0909. The van der Waals surface area contributed by atoms with Gasteiger partial charge in [0.1, 0.15) is 0 Å². The van der Waals surface area contributed by atoms with Gasteiger partial charge in [0.25, 0.3) is 0 Å². The first-order valence-corrected chi connectivity index (χ1v) is 3.92. The highest BCUT2D eigenvalue weighted by Crippen LogP contribution is 2.08.